The lowest BCUT2D eigenvalue weighted by atomic mass is 10.1. The first-order valence-corrected chi connectivity index (χ1v) is 5.52. The van der Waals surface area contributed by atoms with Crippen molar-refractivity contribution in [1.82, 2.24) is 4.90 Å². The Morgan fingerprint density at radius 3 is 2.29 bits per heavy atom. The number of hydrogen-bond acceptors (Lipinski definition) is 1. The quantitative estimate of drug-likeness (QED) is 0.479. The van der Waals surface area contributed by atoms with Crippen LogP contribution in [0.25, 0.3) is 0 Å². The molecule has 1 rings (SSSR count). The summed E-state index contributed by atoms with van der Waals surface area (Å²) in [7, 11) is 0. The van der Waals surface area contributed by atoms with E-state index in [9.17, 15) is 0 Å². The molecule has 0 aromatic carbocycles. The summed E-state index contributed by atoms with van der Waals surface area (Å²) in [5, 5.41) is 0. The number of allylic oxidation sites excluding steroid dienone is 1. The van der Waals surface area contributed by atoms with E-state index in [1.54, 1.807) is 0 Å². The van der Waals surface area contributed by atoms with Gasteiger partial charge in [-0.1, -0.05) is 33.4 Å². The molecule has 0 aromatic rings. The highest BCUT2D eigenvalue weighted by atomic mass is 15.3. The summed E-state index contributed by atoms with van der Waals surface area (Å²) >= 11 is 0. The van der Waals surface area contributed by atoms with E-state index in [0.29, 0.717) is 0 Å². The molecule has 14 heavy (non-hydrogen) atoms. The van der Waals surface area contributed by atoms with Crippen molar-refractivity contribution in [3.05, 3.63) is 12.2 Å². The lowest BCUT2D eigenvalue weighted by Crippen LogP contribution is -2.11. The van der Waals surface area contributed by atoms with E-state index in [2.05, 4.69) is 44.7 Å². The molecule has 2 atom stereocenters. The lowest BCUT2D eigenvalue weighted by molar-refractivity contribution is 0.421. The average Bonchev–Trinajstić information content (AvgIpc) is 2.76. The number of hydrogen-bond donors (Lipinski definition) is 0. The molecule has 1 heterocycles. The Morgan fingerprint density at radius 2 is 1.86 bits per heavy atom. The molecule has 0 radical (unpaired) electrons. The highest BCUT2D eigenvalue weighted by molar-refractivity contribution is 4.98. The third-order valence-corrected chi connectivity index (χ3v) is 2.60. The first-order chi connectivity index (χ1) is 6.11. The summed E-state index contributed by atoms with van der Waals surface area (Å²) in [5.74, 6) is 0.802. The normalized spacial score (nSPS) is 25.9. The first kappa shape index (κ1) is 13.7. The van der Waals surface area contributed by atoms with Crippen LogP contribution >= 0.6 is 0 Å². The molecule has 1 aliphatic heterocycles. The van der Waals surface area contributed by atoms with Gasteiger partial charge in [-0.2, -0.15) is 0 Å². The van der Waals surface area contributed by atoms with Gasteiger partial charge in [-0.25, -0.2) is 0 Å². The van der Waals surface area contributed by atoms with Gasteiger partial charge >= 0.3 is 0 Å². The smallest absolute Gasteiger partial charge is 0.0261 e. The van der Waals surface area contributed by atoms with Crippen molar-refractivity contribution in [2.24, 2.45) is 5.92 Å². The third-order valence-electron chi connectivity index (χ3n) is 2.60. The molecule has 0 N–H and O–H groups in total. The highest BCUT2D eigenvalue weighted by Gasteiger charge is 2.34. The summed E-state index contributed by atoms with van der Waals surface area (Å²) in [5.41, 5.74) is 0. The summed E-state index contributed by atoms with van der Waals surface area (Å²) in [6.45, 7) is 10.4. The van der Waals surface area contributed by atoms with E-state index in [1.165, 1.54) is 19.4 Å². The Morgan fingerprint density at radius 1 is 1.21 bits per heavy atom. The van der Waals surface area contributed by atoms with E-state index < -0.39 is 0 Å². The minimum Gasteiger partial charge on any atom is -0.295 e. The van der Waals surface area contributed by atoms with Crippen molar-refractivity contribution < 1.29 is 0 Å². The number of nitrogens with zero attached hydrogens (tertiary/aromatic N) is 1. The second-order valence-electron chi connectivity index (χ2n) is 4.78. The van der Waals surface area contributed by atoms with Gasteiger partial charge in [0.25, 0.3) is 0 Å². The molecule has 1 nitrogen and oxygen atoms in total. The highest BCUT2D eigenvalue weighted by Crippen LogP contribution is 2.24. The molecule has 1 saturated heterocycles. The lowest BCUT2D eigenvalue weighted by Gasteiger charge is -2.05. The molecule has 0 aromatic heterocycles. The van der Waals surface area contributed by atoms with Crippen LogP contribution in [0.4, 0.5) is 0 Å². The topological polar surface area (TPSA) is 3.01 Å². The predicted molar refractivity (Wildman–Crippen MR) is 65.6 cm³/mol. The van der Waals surface area contributed by atoms with Crippen molar-refractivity contribution in [3.63, 3.8) is 0 Å². The molecule has 0 spiro atoms. The van der Waals surface area contributed by atoms with Gasteiger partial charge in [0, 0.05) is 18.6 Å². The molecule has 0 bridgehead atoms. The van der Waals surface area contributed by atoms with Crippen molar-refractivity contribution in [3.8, 4) is 0 Å². The van der Waals surface area contributed by atoms with Crippen molar-refractivity contribution in [2.45, 2.75) is 60.0 Å². The van der Waals surface area contributed by atoms with Crippen molar-refractivity contribution in [2.75, 3.05) is 6.54 Å². The van der Waals surface area contributed by atoms with Crippen LogP contribution in [-0.4, -0.2) is 23.5 Å². The van der Waals surface area contributed by atoms with Crippen LogP contribution in [0, 0.1) is 5.92 Å². The van der Waals surface area contributed by atoms with Gasteiger partial charge < -0.3 is 0 Å². The van der Waals surface area contributed by atoms with E-state index >= 15 is 0 Å². The standard InChI is InChI=1S/C12H23N.CH4/c1-10(2)7-5-6-8-12-9-13(12)11(3)4;/h5-6,10-12H,7-9H2,1-4H3;1H4. The van der Waals surface area contributed by atoms with E-state index in [0.717, 1.165) is 18.0 Å². The van der Waals surface area contributed by atoms with Gasteiger partial charge in [0.2, 0.25) is 0 Å². The maximum atomic E-state index is 2.54. The fraction of sp³-hybridized carbons (Fsp3) is 0.846. The maximum Gasteiger partial charge on any atom is 0.0261 e. The summed E-state index contributed by atoms with van der Waals surface area (Å²) in [4.78, 5) is 2.54. The molecule has 0 saturated carbocycles. The van der Waals surface area contributed by atoms with Crippen LogP contribution < -0.4 is 0 Å². The van der Waals surface area contributed by atoms with Crippen LogP contribution in [-0.2, 0) is 0 Å². The van der Waals surface area contributed by atoms with E-state index in [1.807, 2.05) is 0 Å². The van der Waals surface area contributed by atoms with Gasteiger partial charge in [0.1, 0.15) is 0 Å². The second kappa shape index (κ2) is 6.23. The SMILES string of the molecule is C.CC(C)CC=CCC1CN1C(C)C. The largest absolute Gasteiger partial charge is 0.295 e. The Labute approximate surface area is 90.2 Å². The minimum absolute atomic E-state index is 0. The average molecular weight is 197 g/mol. The molecule has 0 aliphatic carbocycles. The van der Waals surface area contributed by atoms with Crippen LogP contribution in [0.2, 0.25) is 0 Å². The molecule has 0 amide bonds. The van der Waals surface area contributed by atoms with Gasteiger partial charge in [-0.15, -0.1) is 0 Å². The van der Waals surface area contributed by atoms with Crippen LogP contribution in [0.5, 0.6) is 0 Å². The summed E-state index contributed by atoms with van der Waals surface area (Å²) in [6, 6.07) is 1.59. The molecule has 1 fully saturated rings. The van der Waals surface area contributed by atoms with Crippen molar-refractivity contribution >= 4 is 0 Å². The van der Waals surface area contributed by atoms with Gasteiger partial charge in [-0.3, -0.25) is 4.90 Å². The second-order valence-corrected chi connectivity index (χ2v) is 4.78. The maximum absolute atomic E-state index is 2.54. The van der Waals surface area contributed by atoms with E-state index in [-0.39, 0.29) is 7.43 Å². The van der Waals surface area contributed by atoms with Crippen molar-refractivity contribution in [1.29, 1.82) is 0 Å². The van der Waals surface area contributed by atoms with Crippen LogP contribution in [0.3, 0.4) is 0 Å². The van der Waals surface area contributed by atoms with Crippen LogP contribution in [0.15, 0.2) is 12.2 Å². The fourth-order valence-electron chi connectivity index (χ4n) is 1.66. The van der Waals surface area contributed by atoms with Gasteiger partial charge in [-0.05, 0) is 32.6 Å². The molecule has 2 unspecified atom stereocenters. The summed E-state index contributed by atoms with van der Waals surface area (Å²) < 4.78 is 0. The zero-order valence-electron chi connectivity index (χ0n) is 9.46. The first-order valence-electron chi connectivity index (χ1n) is 5.52. The predicted octanol–water partition coefficient (Wildman–Crippen LogP) is 3.71. The van der Waals surface area contributed by atoms with Gasteiger partial charge in [0.15, 0.2) is 0 Å². The molecule has 1 aliphatic rings. The fourth-order valence-corrected chi connectivity index (χ4v) is 1.66. The van der Waals surface area contributed by atoms with E-state index in [4.69, 9.17) is 0 Å². The molecule has 84 valence electrons. The zero-order valence-corrected chi connectivity index (χ0v) is 9.46. The van der Waals surface area contributed by atoms with Crippen LogP contribution in [0.1, 0.15) is 48.0 Å². The molecular formula is C13H27N. The zero-order chi connectivity index (χ0) is 9.84. The third kappa shape index (κ3) is 4.80. The Hall–Kier alpha value is -0.300. The monoisotopic (exact) mass is 197 g/mol. The minimum atomic E-state index is 0. The van der Waals surface area contributed by atoms with Gasteiger partial charge in [0.05, 0.1) is 0 Å². The Bertz CT molecular complexity index is 170. The number of rotatable bonds is 5. The molecular weight excluding hydrogens is 170 g/mol. The molecule has 1 heteroatoms. The summed E-state index contributed by atoms with van der Waals surface area (Å²) in [6.07, 6.45) is 7.17. The Kier molecular flexibility index (Phi) is 6.10. The Balaban J connectivity index is 0.00000169.